The summed E-state index contributed by atoms with van der Waals surface area (Å²) in [7, 11) is -3.67. The number of alkyl halides is 1. The highest BCUT2D eigenvalue weighted by molar-refractivity contribution is 9.09. The van der Waals surface area contributed by atoms with Crippen LogP contribution in [0.2, 0.25) is 0 Å². The second-order valence-electron chi connectivity index (χ2n) is 3.23. The maximum absolute atomic E-state index is 12.9. The van der Waals surface area contributed by atoms with E-state index in [1.807, 2.05) is 0 Å². The standard InChI is InChI=1S/C9H9BrF2.CH4O3S/c10-6-2-3-7-8(11)4-1-5-9(7)12;1-5(2,3)4/h1,4-5H,2-3,6H2;1H3,(H,2,3,4). The first-order valence-electron chi connectivity index (χ1n) is 4.67. The molecule has 0 fully saturated rings. The van der Waals surface area contributed by atoms with Crippen LogP contribution in [0.15, 0.2) is 18.2 Å². The van der Waals surface area contributed by atoms with Crippen LogP contribution in [-0.2, 0) is 16.5 Å². The van der Waals surface area contributed by atoms with E-state index in [1.54, 1.807) is 0 Å². The number of benzene rings is 1. The second kappa shape index (κ2) is 7.73. The Morgan fingerprint density at radius 2 is 1.71 bits per heavy atom. The maximum atomic E-state index is 12.9. The minimum absolute atomic E-state index is 0.192. The van der Waals surface area contributed by atoms with Crippen LogP contribution >= 0.6 is 15.9 Å². The number of hydrogen-bond donors (Lipinski definition) is 1. The summed E-state index contributed by atoms with van der Waals surface area (Å²) in [5.74, 6) is -0.896. The van der Waals surface area contributed by atoms with Crippen LogP contribution in [0.3, 0.4) is 0 Å². The summed E-state index contributed by atoms with van der Waals surface area (Å²) >= 11 is 3.21. The molecule has 7 heteroatoms. The van der Waals surface area contributed by atoms with Gasteiger partial charge in [-0.2, -0.15) is 8.42 Å². The van der Waals surface area contributed by atoms with Gasteiger partial charge in [0.2, 0.25) is 0 Å². The van der Waals surface area contributed by atoms with Gasteiger partial charge in [0.15, 0.2) is 0 Å². The molecule has 98 valence electrons. The van der Waals surface area contributed by atoms with Crippen molar-refractivity contribution in [2.75, 3.05) is 11.6 Å². The summed E-state index contributed by atoms with van der Waals surface area (Å²) in [6.45, 7) is 0. The van der Waals surface area contributed by atoms with Crippen molar-refractivity contribution in [1.29, 1.82) is 0 Å². The molecule has 0 saturated heterocycles. The van der Waals surface area contributed by atoms with Crippen LogP contribution < -0.4 is 0 Å². The summed E-state index contributed by atoms with van der Waals surface area (Å²) in [6.07, 6.45) is 1.91. The highest BCUT2D eigenvalue weighted by Gasteiger charge is 2.06. The van der Waals surface area contributed by atoms with E-state index in [0.29, 0.717) is 12.7 Å². The minimum Gasteiger partial charge on any atom is -0.286 e. The zero-order chi connectivity index (χ0) is 13.5. The first kappa shape index (κ1) is 16.5. The zero-order valence-electron chi connectivity index (χ0n) is 9.16. The fourth-order valence-electron chi connectivity index (χ4n) is 1.01. The third-order valence-electron chi connectivity index (χ3n) is 1.62. The lowest BCUT2D eigenvalue weighted by Crippen LogP contribution is -1.95. The van der Waals surface area contributed by atoms with Crippen molar-refractivity contribution in [3.63, 3.8) is 0 Å². The molecule has 17 heavy (non-hydrogen) atoms. The van der Waals surface area contributed by atoms with Crippen molar-refractivity contribution in [2.45, 2.75) is 12.8 Å². The average molecular weight is 331 g/mol. The third kappa shape index (κ3) is 9.20. The van der Waals surface area contributed by atoms with Gasteiger partial charge in [-0.1, -0.05) is 22.0 Å². The Morgan fingerprint density at radius 1 is 1.29 bits per heavy atom. The fraction of sp³-hybridized carbons (Fsp3) is 0.400. The molecular formula is C10H13BrF2O3S. The molecule has 3 nitrogen and oxygen atoms in total. The van der Waals surface area contributed by atoms with Gasteiger partial charge in [0.05, 0.1) is 6.26 Å². The molecule has 0 aliphatic rings. The number of rotatable bonds is 3. The topological polar surface area (TPSA) is 54.4 Å². The molecular weight excluding hydrogens is 318 g/mol. The summed E-state index contributed by atoms with van der Waals surface area (Å²) in [5.41, 5.74) is 0.192. The lowest BCUT2D eigenvalue weighted by Gasteiger charge is -2.02. The molecule has 1 aromatic rings. The zero-order valence-corrected chi connectivity index (χ0v) is 11.6. The second-order valence-corrected chi connectivity index (χ2v) is 5.48. The van der Waals surface area contributed by atoms with E-state index < -0.39 is 21.8 Å². The van der Waals surface area contributed by atoms with Crippen molar-refractivity contribution < 1.29 is 21.8 Å². The van der Waals surface area contributed by atoms with Gasteiger partial charge in [-0.15, -0.1) is 0 Å². The van der Waals surface area contributed by atoms with Crippen molar-refractivity contribution in [1.82, 2.24) is 0 Å². The molecule has 1 aromatic carbocycles. The van der Waals surface area contributed by atoms with E-state index in [9.17, 15) is 17.2 Å². The Kier molecular flexibility index (Phi) is 7.49. The minimum atomic E-state index is -3.67. The average Bonchev–Trinajstić information content (AvgIpc) is 2.14. The van der Waals surface area contributed by atoms with E-state index >= 15 is 0 Å². The summed E-state index contributed by atoms with van der Waals surface area (Å²) in [4.78, 5) is 0. The molecule has 0 aromatic heterocycles. The summed E-state index contributed by atoms with van der Waals surface area (Å²) < 4.78 is 51.7. The molecule has 0 aliphatic carbocycles. The van der Waals surface area contributed by atoms with Crippen LogP contribution in [0.1, 0.15) is 12.0 Å². The van der Waals surface area contributed by atoms with Gasteiger partial charge in [-0.3, -0.25) is 4.55 Å². The van der Waals surface area contributed by atoms with Gasteiger partial charge in [0.1, 0.15) is 11.6 Å². The monoisotopic (exact) mass is 330 g/mol. The predicted molar refractivity (Wildman–Crippen MR) is 65.9 cm³/mol. The van der Waals surface area contributed by atoms with Crippen molar-refractivity contribution in [2.24, 2.45) is 0 Å². The lowest BCUT2D eigenvalue weighted by atomic mass is 10.1. The van der Waals surface area contributed by atoms with Crippen LogP contribution in [0, 0.1) is 11.6 Å². The summed E-state index contributed by atoms with van der Waals surface area (Å²) in [6, 6.07) is 3.95. The number of hydrogen-bond acceptors (Lipinski definition) is 2. The Morgan fingerprint density at radius 3 is 2.06 bits per heavy atom. The van der Waals surface area contributed by atoms with Crippen LogP contribution in [0.25, 0.3) is 0 Å². The van der Waals surface area contributed by atoms with Crippen LogP contribution in [0.4, 0.5) is 8.78 Å². The summed E-state index contributed by atoms with van der Waals surface area (Å²) in [5, 5.41) is 0.765. The lowest BCUT2D eigenvalue weighted by molar-refractivity contribution is 0.490. The molecule has 0 heterocycles. The SMILES string of the molecule is CS(=O)(=O)O.Fc1cccc(F)c1CCCBr. The van der Waals surface area contributed by atoms with Crippen molar-refractivity contribution in [3.05, 3.63) is 35.4 Å². The van der Waals surface area contributed by atoms with E-state index in [2.05, 4.69) is 15.9 Å². The molecule has 0 spiro atoms. The largest absolute Gasteiger partial charge is 0.286 e. The van der Waals surface area contributed by atoms with Gasteiger partial charge in [-0.05, 0) is 25.0 Å². The predicted octanol–water partition coefficient (Wildman–Crippen LogP) is 2.80. The maximum Gasteiger partial charge on any atom is 0.261 e. The molecule has 0 bridgehead atoms. The van der Waals surface area contributed by atoms with E-state index in [-0.39, 0.29) is 5.56 Å². The Hall–Kier alpha value is -0.530. The Labute approximate surface area is 108 Å². The Balaban J connectivity index is 0.000000437. The molecule has 0 radical (unpaired) electrons. The quantitative estimate of drug-likeness (QED) is 0.684. The molecule has 0 atom stereocenters. The normalized spacial score (nSPS) is 10.6. The van der Waals surface area contributed by atoms with Crippen molar-refractivity contribution in [3.8, 4) is 0 Å². The van der Waals surface area contributed by atoms with Gasteiger partial charge in [0.25, 0.3) is 10.1 Å². The van der Waals surface area contributed by atoms with Gasteiger partial charge >= 0.3 is 0 Å². The van der Waals surface area contributed by atoms with E-state index in [1.165, 1.54) is 18.2 Å². The molecule has 1 N–H and O–H groups in total. The van der Waals surface area contributed by atoms with Gasteiger partial charge in [-0.25, -0.2) is 8.78 Å². The Bertz CT molecular complexity index is 421. The van der Waals surface area contributed by atoms with Gasteiger partial charge < -0.3 is 0 Å². The molecule has 0 amide bonds. The molecule has 0 saturated carbocycles. The van der Waals surface area contributed by atoms with Crippen LogP contribution in [0.5, 0.6) is 0 Å². The van der Waals surface area contributed by atoms with E-state index in [4.69, 9.17) is 4.55 Å². The molecule has 0 aliphatic heterocycles. The fourth-order valence-corrected chi connectivity index (χ4v) is 1.30. The third-order valence-corrected chi connectivity index (χ3v) is 2.18. The first-order valence-corrected chi connectivity index (χ1v) is 7.64. The number of halogens is 3. The molecule has 1 rings (SSSR count). The highest BCUT2D eigenvalue weighted by Crippen LogP contribution is 2.14. The van der Waals surface area contributed by atoms with Crippen molar-refractivity contribution >= 4 is 26.0 Å². The first-order chi connectivity index (χ1) is 7.75. The van der Waals surface area contributed by atoms with Gasteiger partial charge in [0, 0.05) is 10.9 Å². The highest BCUT2D eigenvalue weighted by atomic mass is 79.9. The smallest absolute Gasteiger partial charge is 0.261 e. The van der Waals surface area contributed by atoms with Crippen LogP contribution in [-0.4, -0.2) is 24.6 Å². The van der Waals surface area contributed by atoms with E-state index in [0.717, 1.165) is 11.8 Å². The molecule has 0 unspecified atom stereocenters.